The fourth-order valence-electron chi connectivity index (χ4n) is 1.43. The highest BCUT2D eigenvalue weighted by Gasteiger charge is 2.25. The number of nitrogens with zero attached hydrogens (tertiary/aromatic N) is 1. The zero-order chi connectivity index (χ0) is 10.6. The van der Waals surface area contributed by atoms with Crippen LogP contribution in [0, 0.1) is 5.92 Å². The van der Waals surface area contributed by atoms with Crippen molar-refractivity contribution in [2.75, 3.05) is 26.8 Å². The van der Waals surface area contributed by atoms with Crippen molar-refractivity contribution in [3.8, 4) is 0 Å². The smallest absolute Gasteiger partial charge is 0.227 e. The Labute approximate surface area is 89.4 Å². The van der Waals surface area contributed by atoms with Crippen LogP contribution >= 0.6 is 12.2 Å². The fraction of sp³-hybridized carbons (Fsp3) is 0.778. The minimum absolute atomic E-state index is 0.0337. The fourth-order valence-corrected chi connectivity index (χ4v) is 1.52. The lowest BCUT2D eigenvalue weighted by Gasteiger charge is -2.19. The summed E-state index contributed by atoms with van der Waals surface area (Å²) in [7, 11) is 1.78. The van der Waals surface area contributed by atoms with E-state index >= 15 is 0 Å². The first kappa shape index (κ1) is 11.4. The van der Waals surface area contributed by atoms with E-state index in [1.165, 1.54) is 0 Å². The lowest BCUT2D eigenvalue weighted by Crippen LogP contribution is -2.35. The predicted molar refractivity (Wildman–Crippen MR) is 58.0 cm³/mol. The van der Waals surface area contributed by atoms with E-state index in [-0.39, 0.29) is 11.8 Å². The molecule has 1 aliphatic heterocycles. The van der Waals surface area contributed by atoms with Crippen LogP contribution in [0.1, 0.15) is 12.8 Å². The van der Waals surface area contributed by atoms with Gasteiger partial charge in [0, 0.05) is 26.6 Å². The lowest BCUT2D eigenvalue weighted by atomic mass is 10.1. The molecule has 0 aromatic heterocycles. The second-order valence-corrected chi connectivity index (χ2v) is 4.06. The molecule has 1 aliphatic rings. The maximum Gasteiger partial charge on any atom is 0.227 e. The summed E-state index contributed by atoms with van der Waals surface area (Å²) in [4.78, 5) is 13.8. The second kappa shape index (κ2) is 5.26. The molecule has 4 nitrogen and oxygen atoms in total. The molecule has 1 amide bonds. The van der Waals surface area contributed by atoms with Crippen LogP contribution in [-0.2, 0) is 9.53 Å². The van der Waals surface area contributed by atoms with Gasteiger partial charge < -0.3 is 15.4 Å². The van der Waals surface area contributed by atoms with E-state index in [0.717, 1.165) is 6.42 Å². The molecule has 0 aromatic rings. The maximum atomic E-state index is 11.7. The van der Waals surface area contributed by atoms with Gasteiger partial charge >= 0.3 is 0 Å². The molecular formula is C9H16N2O2S. The van der Waals surface area contributed by atoms with Crippen LogP contribution in [0.4, 0.5) is 0 Å². The number of amides is 1. The molecule has 1 unspecified atom stereocenters. The summed E-state index contributed by atoms with van der Waals surface area (Å²) >= 11 is 4.75. The van der Waals surface area contributed by atoms with Gasteiger partial charge in [-0.05, 0) is 6.42 Å². The topological polar surface area (TPSA) is 55.6 Å². The van der Waals surface area contributed by atoms with Gasteiger partial charge in [0.25, 0.3) is 0 Å². The molecule has 0 aromatic carbocycles. The van der Waals surface area contributed by atoms with E-state index in [9.17, 15) is 4.79 Å². The average molecular weight is 216 g/mol. The average Bonchev–Trinajstić information content (AvgIpc) is 2.65. The Morgan fingerprint density at radius 2 is 2.43 bits per heavy atom. The molecule has 0 aliphatic carbocycles. The number of ether oxygens (including phenoxy) is 1. The molecule has 0 radical (unpaired) electrons. The summed E-state index contributed by atoms with van der Waals surface area (Å²) in [6.45, 7) is 1.85. The van der Waals surface area contributed by atoms with Crippen molar-refractivity contribution >= 4 is 23.1 Å². The van der Waals surface area contributed by atoms with E-state index < -0.39 is 0 Å². The van der Waals surface area contributed by atoms with Gasteiger partial charge in [0.1, 0.15) is 0 Å². The van der Waals surface area contributed by atoms with Crippen LogP contribution in [0.15, 0.2) is 0 Å². The number of hydrogen-bond donors (Lipinski definition) is 1. The molecule has 0 saturated carbocycles. The van der Waals surface area contributed by atoms with Crippen molar-refractivity contribution in [1.29, 1.82) is 0 Å². The SMILES string of the molecule is CN(CCC(N)=S)C(=O)C1CCOC1. The standard InChI is InChI=1S/C9H16N2O2S/c1-11(4-2-8(10)14)9(12)7-3-5-13-6-7/h7H,2-6H2,1H3,(H2,10,14). The van der Waals surface area contributed by atoms with Crippen molar-refractivity contribution in [2.45, 2.75) is 12.8 Å². The third kappa shape index (κ3) is 3.23. The summed E-state index contributed by atoms with van der Waals surface area (Å²) in [5.74, 6) is 0.171. The van der Waals surface area contributed by atoms with Gasteiger partial charge in [-0.25, -0.2) is 0 Å². The highest BCUT2D eigenvalue weighted by atomic mass is 32.1. The van der Waals surface area contributed by atoms with E-state index in [1.54, 1.807) is 11.9 Å². The molecule has 1 fully saturated rings. The van der Waals surface area contributed by atoms with Crippen LogP contribution < -0.4 is 5.73 Å². The highest BCUT2D eigenvalue weighted by Crippen LogP contribution is 2.14. The zero-order valence-electron chi connectivity index (χ0n) is 8.36. The Kier molecular flexibility index (Phi) is 4.28. The highest BCUT2D eigenvalue weighted by molar-refractivity contribution is 7.80. The zero-order valence-corrected chi connectivity index (χ0v) is 9.18. The first-order valence-corrected chi connectivity index (χ1v) is 5.13. The van der Waals surface area contributed by atoms with Crippen LogP contribution in [0.2, 0.25) is 0 Å². The number of carbonyl (C=O) groups is 1. The third-order valence-electron chi connectivity index (χ3n) is 2.35. The third-order valence-corrected chi connectivity index (χ3v) is 2.55. The number of rotatable bonds is 4. The molecule has 1 rings (SSSR count). The molecule has 1 saturated heterocycles. The van der Waals surface area contributed by atoms with Gasteiger partial charge in [-0.15, -0.1) is 0 Å². The number of carbonyl (C=O) groups excluding carboxylic acids is 1. The Balaban J connectivity index is 2.31. The van der Waals surface area contributed by atoms with Gasteiger partial charge in [-0.3, -0.25) is 4.79 Å². The van der Waals surface area contributed by atoms with E-state index in [2.05, 4.69) is 0 Å². The van der Waals surface area contributed by atoms with Crippen LogP contribution in [-0.4, -0.2) is 42.6 Å². The first-order valence-electron chi connectivity index (χ1n) is 4.72. The molecule has 14 heavy (non-hydrogen) atoms. The molecule has 1 heterocycles. The van der Waals surface area contributed by atoms with E-state index in [0.29, 0.717) is 31.2 Å². The van der Waals surface area contributed by atoms with Crippen LogP contribution in [0.25, 0.3) is 0 Å². The quantitative estimate of drug-likeness (QED) is 0.680. The second-order valence-electron chi connectivity index (χ2n) is 3.54. The normalized spacial score (nSPS) is 20.8. The first-order chi connectivity index (χ1) is 6.61. The Hall–Kier alpha value is -0.680. The van der Waals surface area contributed by atoms with Gasteiger partial charge in [0.05, 0.1) is 17.5 Å². The maximum absolute atomic E-state index is 11.7. The van der Waals surface area contributed by atoms with E-state index in [4.69, 9.17) is 22.7 Å². The summed E-state index contributed by atoms with van der Waals surface area (Å²) in [5, 5.41) is 0. The van der Waals surface area contributed by atoms with Crippen molar-refractivity contribution in [1.82, 2.24) is 4.90 Å². The van der Waals surface area contributed by atoms with Gasteiger partial charge in [0.15, 0.2) is 0 Å². The summed E-state index contributed by atoms with van der Waals surface area (Å²) in [6, 6.07) is 0. The Morgan fingerprint density at radius 3 is 2.93 bits per heavy atom. The van der Waals surface area contributed by atoms with Crippen LogP contribution in [0.5, 0.6) is 0 Å². The van der Waals surface area contributed by atoms with Gasteiger partial charge in [0.2, 0.25) is 5.91 Å². The molecule has 80 valence electrons. The molecular weight excluding hydrogens is 200 g/mol. The largest absolute Gasteiger partial charge is 0.393 e. The lowest BCUT2D eigenvalue weighted by molar-refractivity contribution is -0.134. The molecule has 0 spiro atoms. The van der Waals surface area contributed by atoms with Crippen molar-refractivity contribution in [3.05, 3.63) is 0 Å². The molecule has 2 N–H and O–H groups in total. The minimum Gasteiger partial charge on any atom is -0.393 e. The van der Waals surface area contributed by atoms with Crippen LogP contribution in [0.3, 0.4) is 0 Å². The molecule has 1 atom stereocenters. The molecule has 5 heteroatoms. The molecule has 0 bridgehead atoms. The van der Waals surface area contributed by atoms with Crippen molar-refractivity contribution in [2.24, 2.45) is 11.7 Å². The van der Waals surface area contributed by atoms with Crippen molar-refractivity contribution < 1.29 is 9.53 Å². The van der Waals surface area contributed by atoms with Gasteiger partial charge in [-0.2, -0.15) is 0 Å². The minimum atomic E-state index is 0.0337. The summed E-state index contributed by atoms with van der Waals surface area (Å²) in [5.41, 5.74) is 5.36. The number of hydrogen-bond acceptors (Lipinski definition) is 3. The number of thiocarbonyl (C=S) groups is 1. The van der Waals surface area contributed by atoms with Crippen molar-refractivity contribution in [3.63, 3.8) is 0 Å². The monoisotopic (exact) mass is 216 g/mol. The Bertz CT molecular complexity index is 227. The Morgan fingerprint density at radius 1 is 1.71 bits per heavy atom. The van der Waals surface area contributed by atoms with E-state index in [1.807, 2.05) is 0 Å². The summed E-state index contributed by atoms with van der Waals surface area (Å²) < 4.78 is 5.16. The van der Waals surface area contributed by atoms with Gasteiger partial charge in [-0.1, -0.05) is 12.2 Å². The number of nitrogens with two attached hydrogens (primary N) is 1. The summed E-state index contributed by atoms with van der Waals surface area (Å²) in [6.07, 6.45) is 1.42. The predicted octanol–water partition coefficient (Wildman–Crippen LogP) is 0.158.